The SMILES string of the molecule is CCc1ncncc1C(=O)NC[C@@H](O)c1ccc(Cl)cc1Cl. The van der Waals surface area contributed by atoms with E-state index < -0.39 is 6.10 Å². The van der Waals surface area contributed by atoms with Gasteiger partial charge in [-0.3, -0.25) is 4.79 Å². The van der Waals surface area contributed by atoms with Crippen molar-refractivity contribution in [2.24, 2.45) is 0 Å². The van der Waals surface area contributed by atoms with Crippen molar-refractivity contribution >= 4 is 29.1 Å². The van der Waals surface area contributed by atoms with Gasteiger partial charge in [-0.2, -0.15) is 0 Å². The number of hydrogen-bond donors (Lipinski definition) is 2. The fourth-order valence-electron chi connectivity index (χ4n) is 1.99. The van der Waals surface area contributed by atoms with Crippen LogP contribution in [0.25, 0.3) is 0 Å². The molecule has 0 fully saturated rings. The second kappa shape index (κ2) is 7.54. The zero-order valence-electron chi connectivity index (χ0n) is 11.9. The molecule has 0 aliphatic carbocycles. The van der Waals surface area contributed by atoms with Gasteiger partial charge >= 0.3 is 0 Å². The highest BCUT2D eigenvalue weighted by atomic mass is 35.5. The molecule has 0 unspecified atom stereocenters. The Morgan fingerprint density at radius 3 is 2.86 bits per heavy atom. The molecular weight excluding hydrogens is 325 g/mol. The molecule has 2 N–H and O–H groups in total. The molecule has 0 aliphatic heterocycles. The number of aliphatic hydroxyl groups excluding tert-OH is 1. The van der Waals surface area contributed by atoms with Crippen LogP contribution in [0, 0.1) is 0 Å². The second-order valence-corrected chi connectivity index (χ2v) is 5.47. The summed E-state index contributed by atoms with van der Waals surface area (Å²) >= 11 is 11.8. The van der Waals surface area contributed by atoms with Gasteiger partial charge in [-0.25, -0.2) is 9.97 Å². The number of halogens is 2. The number of benzene rings is 1. The standard InChI is InChI=1S/C15H15Cl2N3O2/c1-2-13-11(6-18-8-20-13)15(22)19-7-14(21)10-4-3-9(16)5-12(10)17/h3-6,8,14,21H,2,7H2,1H3,(H,19,22)/t14-/m1/s1. The topological polar surface area (TPSA) is 75.1 Å². The van der Waals surface area contributed by atoms with E-state index in [9.17, 15) is 9.90 Å². The number of amides is 1. The molecule has 116 valence electrons. The summed E-state index contributed by atoms with van der Waals surface area (Å²) in [6, 6.07) is 4.81. The number of aryl methyl sites for hydroxylation is 1. The molecule has 1 heterocycles. The first-order chi connectivity index (χ1) is 10.5. The first-order valence-electron chi connectivity index (χ1n) is 6.73. The number of aromatic nitrogens is 2. The van der Waals surface area contributed by atoms with Gasteiger partial charge in [-0.05, 0) is 18.6 Å². The summed E-state index contributed by atoms with van der Waals surface area (Å²) in [6.45, 7) is 1.93. The zero-order chi connectivity index (χ0) is 16.1. The molecular formula is C15H15Cl2N3O2. The average Bonchev–Trinajstić information content (AvgIpc) is 2.52. The van der Waals surface area contributed by atoms with Crippen LogP contribution in [-0.4, -0.2) is 27.5 Å². The van der Waals surface area contributed by atoms with E-state index in [1.807, 2.05) is 6.92 Å². The third-order valence-corrected chi connectivity index (χ3v) is 3.71. The molecule has 0 bridgehead atoms. The maximum atomic E-state index is 12.1. The minimum absolute atomic E-state index is 0.0260. The largest absolute Gasteiger partial charge is 0.387 e. The summed E-state index contributed by atoms with van der Waals surface area (Å²) in [5.74, 6) is -0.332. The molecule has 2 aromatic rings. The van der Waals surface area contributed by atoms with Gasteiger partial charge < -0.3 is 10.4 Å². The van der Waals surface area contributed by atoms with Crippen molar-refractivity contribution in [3.8, 4) is 0 Å². The van der Waals surface area contributed by atoms with E-state index in [0.29, 0.717) is 33.3 Å². The number of hydrogen-bond acceptors (Lipinski definition) is 4. The Bertz CT molecular complexity index is 680. The van der Waals surface area contributed by atoms with Gasteiger partial charge in [0.2, 0.25) is 0 Å². The Labute approximate surface area is 138 Å². The van der Waals surface area contributed by atoms with Crippen LogP contribution in [0.15, 0.2) is 30.7 Å². The minimum atomic E-state index is -0.927. The van der Waals surface area contributed by atoms with E-state index in [1.54, 1.807) is 18.2 Å². The normalized spacial score (nSPS) is 12.0. The lowest BCUT2D eigenvalue weighted by atomic mass is 10.1. The van der Waals surface area contributed by atoms with Crippen LogP contribution in [0.3, 0.4) is 0 Å². The van der Waals surface area contributed by atoms with Gasteiger partial charge in [0.1, 0.15) is 6.33 Å². The first-order valence-corrected chi connectivity index (χ1v) is 7.48. The summed E-state index contributed by atoms with van der Waals surface area (Å²) in [6.07, 6.45) is 2.56. The van der Waals surface area contributed by atoms with Crippen LogP contribution in [0.4, 0.5) is 0 Å². The van der Waals surface area contributed by atoms with Crippen LogP contribution < -0.4 is 5.32 Å². The number of carbonyl (C=O) groups is 1. The predicted molar refractivity (Wildman–Crippen MR) is 85.2 cm³/mol. The lowest BCUT2D eigenvalue weighted by Crippen LogP contribution is -2.29. The molecule has 2 rings (SSSR count). The minimum Gasteiger partial charge on any atom is -0.387 e. The molecule has 7 heteroatoms. The first kappa shape index (κ1) is 16.7. The molecule has 22 heavy (non-hydrogen) atoms. The molecule has 0 radical (unpaired) electrons. The van der Waals surface area contributed by atoms with Crippen molar-refractivity contribution in [1.29, 1.82) is 0 Å². The van der Waals surface area contributed by atoms with Crippen LogP contribution in [0.5, 0.6) is 0 Å². The van der Waals surface area contributed by atoms with Crippen LogP contribution in [-0.2, 0) is 6.42 Å². The highest BCUT2D eigenvalue weighted by Gasteiger charge is 2.16. The highest BCUT2D eigenvalue weighted by Crippen LogP contribution is 2.25. The van der Waals surface area contributed by atoms with Crippen molar-refractivity contribution < 1.29 is 9.90 Å². The Morgan fingerprint density at radius 1 is 1.41 bits per heavy atom. The molecule has 1 amide bonds. The maximum absolute atomic E-state index is 12.1. The number of carbonyl (C=O) groups excluding carboxylic acids is 1. The number of rotatable bonds is 5. The van der Waals surface area contributed by atoms with Gasteiger partial charge in [-0.1, -0.05) is 36.2 Å². The molecule has 1 aromatic heterocycles. The number of nitrogens with zero attached hydrogens (tertiary/aromatic N) is 2. The van der Waals surface area contributed by atoms with Gasteiger partial charge in [0.15, 0.2) is 0 Å². The van der Waals surface area contributed by atoms with E-state index in [1.165, 1.54) is 12.5 Å². The van der Waals surface area contributed by atoms with E-state index in [4.69, 9.17) is 23.2 Å². The van der Waals surface area contributed by atoms with Gasteiger partial charge in [0.25, 0.3) is 5.91 Å². The van der Waals surface area contributed by atoms with Crippen molar-refractivity contribution in [3.05, 3.63) is 57.6 Å². The Morgan fingerprint density at radius 2 is 2.18 bits per heavy atom. The Hall–Kier alpha value is -1.69. The molecule has 0 saturated heterocycles. The van der Waals surface area contributed by atoms with Crippen LogP contribution >= 0.6 is 23.2 Å². The predicted octanol–water partition coefficient (Wildman–Crippen LogP) is 2.81. The molecule has 0 spiro atoms. The van der Waals surface area contributed by atoms with Gasteiger partial charge in [0, 0.05) is 28.4 Å². The monoisotopic (exact) mass is 339 g/mol. The number of aliphatic hydroxyl groups is 1. The lowest BCUT2D eigenvalue weighted by Gasteiger charge is -2.14. The Kier molecular flexibility index (Phi) is 5.71. The molecule has 1 aromatic carbocycles. The smallest absolute Gasteiger partial charge is 0.254 e. The fraction of sp³-hybridized carbons (Fsp3) is 0.267. The Balaban J connectivity index is 2.04. The zero-order valence-corrected chi connectivity index (χ0v) is 13.4. The number of nitrogens with one attached hydrogen (secondary N) is 1. The third-order valence-electron chi connectivity index (χ3n) is 3.15. The maximum Gasteiger partial charge on any atom is 0.254 e. The summed E-state index contributed by atoms with van der Waals surface area (Å²) < 4.78 is 0. The van der Waals surface area contributed by atoms with E-state index >= 15 is 0 Å². The molecule has 1 atom stereocenters. The summed E-state index contributed by atoms with van der Waals surface area (Å²) in [4.78, 5) is 20.1. The van der Waals surface area contributed by atoms with Gasteiger partial charge in [-0.15, -0.1) is 0 Å². The molecule has 0 aliphatic rings. The van der Waals surface area contributed by atoms with Crippen molar-refractivity contribution in [2.75, 3.05) is 6.54 Å². The second-order valence-electron chi connectivity index (χ2n) is 4.63. The summed E-state index contributed by atoms with van der Waals surface area (Å²) in [5.41, 5.74) is 1.57. The van der Waals surface area contributed by atoms with E-state index in [0.717, 1.165) is 0 Å². The quantitative estimate of drug-likeness (QED) is 0.878. The fourth-order valence-corrected chi connectivity index (χ4v) is 2.53. The van der Waals surface area contributed by atoms with E-state index in [2.05, 4.69) is 15.3 Å². The van der Waals surface area contributed by atoms with Crippen molar-refractivity contribution in [2.45, 2.75) is 19.4 Å². The average molecular weight is 340 g/mol. The lowest BCUT2D eigenvalue weighted by molar-refractivity contribution is 0.0914. The highest BCUT2D eigenvalue weighted by molar-refractivity contribution is 6.35. The van der Waals surface area contributed by atoms with Crippen LogP contribution in [0.1, 0.15) is 34.6 Å². The van der Waals surface area contributed by atoms with E-state index in [-0.39, 0.29) is 12.5 Å². The van der Waals surface area contributed by atoms with Crippen molar-refractivity contribution in [3.63, 3.8) is 0 Å². The summed E-state index contributed by atoms with van der Waals surface area (Å²) in [7, 11) is 0. The molecule has 0 saturated carbocycles. The van der Waals surface area contributed by atoms with Gasteiger partial charge in [0.05, 0.1) is 17.4 Å². The molecule has 5 nitrogen and oxygen atoms in total. The van der Waals surface area contributed by atoms with Crippen LogP contribution in [0.2, 0.25) is 10.0 Å². The van der Waals surface area contributed by atoms with Crippen molar-refractivity contribution in [1.82, 2.24) is 15.3 Å². The summed E-state index contributed by atoms with van der Waals surface area (Å²) in [5, 5.41) is 13.6. The third kappa shape index (κ3) is 3.94.